The molecular weight excluding hydrogens is 442 g/mol. The van der Waals surface area contributed by atoms with Crippen molar-refractivity contribution in [2.45, 2.75) is 12.8 Å². The van der Waals surface area contributed by atoms with Crippen LogP contribution in [0.1, 0.15) is 17.7 Å². The second-order valence-electron chi connectivity index (χ2n) is 6.96. The standard InChI is InChI=1S/C21H18ClN3O5S/c22-15-4-7-18-14(11-15)12-16(5-8-20(26)27)25(18)31(28,29)9-1-2-13-3-6-17-19(10-13)30-21(23)24-17/h1-4,6-7,10-12H,5,8-9H2,(H2,23,24)(H,26,27). The average Bonchev–Trinajstić information content (AvgIpc) is 3.24. The zero-order valence-corrected chi connectivity index (χ0v) is 17.7. The highest BCUT2D eigenvalue weighted by atomic mass is 35.5. The minimum Gasteiger partial charge on any atom is -0.481 e. The van der Waals surface area contributed by atoms with E-state index in [1.54, 1.807) is 48.5 Å². The van der Waals surface area contributed by atoms with Crippen LogP contribution in [0.15, 0.2) is 53.0 Å². The fourth-order valence-corrected chi connectivity index (χ4v) is 5.04. The Balaban J connectivity index is 1.65. The summed E-state index contributed by atoms with van der Waals surface area (Å²) in [7, 11) is -3.81. The molecule has 0 aliphatic rings. The molecule has 2 heterocycles. The van der Waals surface area contributed by atoms with Crippen LogP contribution in [-0.2, 0) is 21.2 Å². The van der Waals surface area contributed by atoms with Gasteiger partial charge in [-0.3, -0.25) is 4.79 Å². The monoisotopic (exact) mass is 459 g/mol. The number of aryl methyl sites for hydroxylation is 1. The summed E-state index contributed by atoms with van der Waals surface area (Å²) >= 11 is 6.03. The number of carboxylic acids is 1. The van der Waals surface area contributed by atoms with E-state index in [2.05, 4.69) is 4.98 Å². The highest BCUT2D eigenvalue weighted by Gasteiger charge is 2.20. The lowest BCUT2D eigenvalue weighted by atomic mass is 10.2. The molecule has 4 aromatic rings. The number of benzene rings is 2. The van der Waals surface area contributed by atoms with Gasteiger partial charge in [0.15, 0.2) is 5.58 Å². The minimum absolute atomic E-state index is 0.0622. The first-order chi connectivity index (χ1) is 14.7. The molecule has 0 radical (unpaired) electrons. The maximum atomic E-state index is 13.1. The van der Waals surface area contributed by atoms with Gasteiger partial charge in [0.2, 0.25) is 10.0 Å². The lowest BCUT2D eigenvalue weighted by molar-refractivity contribution is -0.136. The van der Waals surface area contributed by atoms with Crippen LogP contribution in [0, 0.1) is 0 Å². The van der Waals surface area contributed by atoms with E-state index < -0.39 is 16.0 Å². The van der Waals surface area contributed by atoms with Crippen LogP contribution in [0.2, 0.25) is 5.02 Å². The van der Waals surface area contributed by atoms with E-state index in [1.807, 2.05) is 0 Å². The van der Waals surface area contributed by atoms with Crippen molar-refractivity contribution in [3.05, 3.63) is 64.8 Å². The number of rotatable bonds is 7. The molecule has 2 aromatic heterocycles. The summed E-state index contributed by atoms with van der Waals surface area (Å²) in [6.45, 7) is 0. The molecule has 0 aliphatic heterocycles. The van der Waals surface area contributed by atoms with Crippen LogP contribution in [0.25, 0.3) is 28.1 Å². The average molecular weight is 460 g/mol. The van der Waals surface area contributed by atoms with Gasteiger partial charge in [0, 0.05) is 16.1 Å². The van der Waals surface area contributed by atoms with Crippen molar-refractivity contribution in [3.63, 3.8) is 0 Å². The van der Waals surface area contributed by atoms with Gasteiger partial charge in [-0.1, -0.05) is 29.8 Å². The smallest absolute Gasteiger partial charge is 0.303 e. The maximum Gasteiger partial charge on any atom is 0.303 e. The zero-order valence-electron chi connectivity index (χ0n) is 16.2. The summed E-state index contributed by atoms with van der Waals surface area (Å²) in [4.78, 5) is 15.0. The van der Waals surface area contributed by atoms with E-state index in [0.29, 0.717) is 32.7 Å². The van der Waals surface area contributed by atoms with Crippen molar-refractivity contribution in [1.82, 2.24) is 8.96 Å². The number of carbonyl (C=O) groups is 1. The van der Waals surface area contributed by atoms with Gasteiger partial charge in [-0.15, -0.1) is 0 Å². The molecule has 8 nitrogen and oxygen atoms in total. The van der Waals surface area contributed by atoms with Gasteiger partial charge >= 0.3 is 5.97 Å². The van der Waals surface area contributed by atoms with Gasteiger partial charge in [0.25, 0.3) is 6.01 Å². The summed E-state index contributed by atoms with van der Waals surface area (Å²) in [5, 5.41) is 10.1. The number of anilines is 1. The molecule has 0 bridgehead atoms. The largest absolute Gasteiger partial charge is 0.481 e. The topological polar surface area (TPSA) is 128 Å². The Morgan fingerprint density at radius 3 is 2.81 bits per heavy atom. The Bertz CT molecular complexity index is 1440. The SMILES string of the molecule is Nc1nc2ccc(C=CCS(=O)(=O)n3c(CCC(=O)O)cc4cc(Cl)ccc43)cc2o1. The number of nitrogen functional groups attached to an aromatic ring is 1. The number of nitrogens with two attached hydrogens (primary N) is 1. The predicted molar refractivity (Wildman–Crippen MR) is 120 cm³/mol. The Morgan fingerprint density at radius 2 is 2.03 bits per heavy atom. The number of hydrogen-bond acceptors (Lipinski definition) is 6. The highest BCUT2D eigenvalue weighted by Crippen LogP contribution is 2.26. The third-order valence-corrected chi connectivity index (χ3v) is 6.55. The van der Waals surface area contributed by atoms with Crippen LogP contribution < -0.4 is 5.73 Å². The Labute approximate surface area is 182 Å². The lowest BCUT2D eigenvalue weighted by Gasteiger charge is -2.10. The van der Waals surface area contributed by atoms with Gasteiger partial charge in [-0.05, 0) is 48.4 Å². The number of hydrogen-bond donors (Lipinski definition) is 2. The van der Waals surface area contributed by atoms with Crippen molar-refractivity contribution >= 4 is 61.7 Å². The van der Waals surface area contributed by atoms with Crippen molar-refractivity contribution < 1.29 is 22.7 Å². The van der Waals surface area contributed by atoms with Gasteiger partial charge in [0.1, 0.15) is 5.52 Å². The number of fused-ring (bicyclic) bond motifs is 2. The van der Waals surface area contributed by atoms with Crippen LogP contribution in [0.3, 0.4) is 0 Å². The van der Waals surface area contributed by atoms with Crippen molar-refractivity contribution in [1.29, 1.82) is 0 Å². The van der Waals surface area contributed by atoms with Crippen molar-refractivity contribution in [3.8, 4) is 0 Å². The van der Waals surface area contributed by atoms with Gasteiger partial charge in [0.05, 0.1) is 17.7 Å². The Hall–Kier alpha value is -3.30. The number of nitrogens with zero attached hydrogens (tertiary/aromatic N) is 2. The van der Waals surface area contributed by atoms with E-state index in [0.717, 1.165) is 5.56 Å². The summed E-state index contributed by atoms with van der Waals surface area (Å²) in [6.07, 6.45) is 3.08. The highest BCUT2D eigenvalue weighted by molar-refractivity contribution is 7.90. The number of aliphatic carboxylic acids is 1. The summed E-state index contributed by atoms with van der Waals surface area (Å²) < 4.78 is 32.8. The summed E-state index contributed by atoms with van der Waals surface area (Å²) in [6, 6.07) is 11.8. The van der Waals surface area contributed by atoms with Gasteiger partial charge < -0.3 is 15.3 Å². The molecule has 0 saturated heterocycles. The summed E-state index contributed by atoms with van der Waals surface area (Å²) in [5.74, 6) is -1.29. The fraction of sp³-hybridized carbons (Fsp3) is 0.143. The molecule has 0 fully saturated rings. The lowest BCUT2D eigenvalue weighted by Crippen LogP contribution is -2.18. The molecule has 0 spiro atoms. The number of carboxylic acid groups (broad SMARTS) is 1. The van der Waals surface area contributed by atoms with Crippen molar-refractivity contribution in [2.75, 3.05) is 11.5 Å². The maximum absolute atomic E-state index is 13.1. The zero-order chi connectivity index (χ0) is 22.2. The number of halogens is 1. The second kappa shape index (κ2) is 8.09. The molecule has 31 heavy (non-hydrogen) atoms. The molecule has 160 valence electrons. The molecule has 0 saturated carbocycles. The molecule has 0 amide bonds. The number of oxazole rings is 1. The van der Waals surface area contributed by atoms with Gasteiger partial charge in [-0.25, -0.2) is 12.4 Å². The first-order valence-electron chi connectivity index (χ1n) is 9.30. The molecule has 0 unspecified atom stereocenters. The normalized spacial score (nSPS) is 12.3. The van der Waals surface area contributed by atoms with Crippen LogP contribution in [0.5, 0.6) is 0 Å². The minimum atomic E-state index is -3.81. The third kappa shape index (κ3) is 4.42. The van der Waals surface area contributed by atoms with E-state index in [-0.39, 0.29) is 24.6 Å². The summed E-state index contributed by atoms with van der Waals surface area (Å²) in [5.41, 5.74) is 8.24. The Kier molecular flexibility index (Phi) is 5.47. The van der Waals surface area contributed by atoms with Crippen molar-refractivity contribution in [2.24, 2.45) is 0 Å². The third-order valence-electron chi connectivity index (χ3n) is 4.71. The first kappa shape index (κ1) is 21.0. The second-order valence-corrected chi connectivity index (χ2v) is 9.26. The molecule has 4 rings (SSSR count). The van der Waals surface area contributed by atoms with E-state index >= 15 is 0 Å². The van der Waals surface area contributed by atoms with Crippen LogP contribution in [-0.4, -0.2) is 34.2 Å². The Morgan fingerprint density at radius 1 is 1.23 bits per heavy atom. The molecule has 2 aromatic carbocycles. The van der Waals surface area contributed by atoms with Crippen LogP contribution >= 0.6 is 11.6 Å². The molecule has 0 atom stereocenters. The molecule has 10 heteroatoms. The van der Waals surface area contributed by atoms with E-state index in [4.69, 9.17) is 26.9 Å². The first-order valence-corrected chi connectivity index (χ1v) is 11.3. The number of aromatic nitrogens is 2. The molecular formula is C21H18ClN3O5S. The molecule has 3 N–H and O–H groups in total. The van der Waals surface area contributed by atoms with Gasteiger partial charge in [-0.2, -0.15) is 4.98 Å². The fourth-order valence-electron chi connectivity index (χ4n) is 3.40. The predicted octanol–water partition coefficient (Wildman–Crippen LogP) is 3.93. The quantitative estimate of drug-likeness (QED) is 0.428. The van der Waals surface area contributed by atoms with E-state index in [9.17, 15) is 13.2 Å². The van der Waals surface area contributed by atoms with E-state index in [1.165, 1.54) is 10.0 Å². The molecule has 0 aliphatic carbocycles. The van der Waals surface area contributed by atoms with Crippen LogP contribution in [0.4, 0.5) is 6.01 Å².